The van der Waals surface area contributed by atoms with Gasteiger partial charge in [-0.15, -0.1) is 11.3 Å². The highest BCUT2D eigenvalue weighted by Crippen LogP contribution is 2.23. The minimum atomic E-state index is 0.719. The van der Waals surface area contributed by atoms with Gasteiger partial charge in [-0.3, -0.25) is 0 Å². The number of nitrogens with zero attached hydrogens (tertiary/aromatic N) is 1. The van der Waals surface area contributed by atoms with Crippen molar-refractivity contribution < 1.29 is 0 Å². The first-order chi connectivity index (χ1) is 8.81. The molecule has 0 radical (unpaired) electrons. The molecule has 0 atom stereocenters. The van der Waals surface area contributed by atoms with E-state index < -0.39 is 0 Å². The van der Waals surface area contributed by atoms with Crippen LogP contribution in [0.15, 0.2) is 29.8 Å². The highest BCUT2D eigenvalue weighted by Gasteiger charge is 2.20. The van der Waals surface area contributed by atoms with E-state index in [-0.39, 0.29) is 0 Å². The van der Waals surface area contributed by atoms with Crippen LogP contribution >= 0.6 is 22.9 Å². The zero-order valence-corrected chi connectivity index (χ0v) is 11.6. The number of rotatable bonds is 5. The minimum Gasteiger partial charge on any atom is -0.310 e. The Morgan fingerprint density at radius 1 is 1.39 bits per heavy atom. The molecular formula is C14H15ClN2S. The third kappa shape index (κ3) is 3.10. The molecule has 1 aromatic carbocycles. The summed E-state index contributed by atoms with van der Waals surface area (Å²) in [6, 6.07) is 7.06. The number of halogens is 1. The second kappa shape index (κ2) is 5.39. The first-order valence-electron chi connectivity index (χ1n) is 6.20. The Balaban J connectivity index is 1.67. The van der Waals surface area contributed by atoms with Crippen molar-refractivity contribution in [3.8, 4) is 0 Å². The first-order valence-corrected chi connectivity index (χ1v) is 7.46. The van der Waals surface area contributed by atoms with Crippen molar-refractivity contribution in [2.45, 2.75) is 31.8 Å². The molecule has 1 fully saturated rings. The molecule has 94 valence electrons. The van der Waals surface area contributed by atoms with Crippen molar-refractivity contribution in [2.75, 3.05) is 0 Å². The molecule has 0 spiro atoms. The molecule has 1 aromatic heterocycles. The third-order valence-corrected chi connectivity index (χ3v) is 4.25. The van der Waals surface area contributed by atoms with Gasteiger partial charge in [0.15, 0.2) is 0 Å². The molecule has 0 amide bonds. The molecule has 18 heavy (non-hydrogen) atoms. The highest BCUT2D eigenvalue weighted by molar-refractivity contribution is 7.09. The van der Waals surface area contributed by atoms with E-state index in [0.717, 1.165) is 29.0 Å². The average molecular weight is 279 g/mol. The molecule has 2 aromatic rings. The predicted molar refractivity (Wildman–Crippen MR) is 76.2 cm³/mol. The molecule has 0 aliphatic heterocycles. The minimum absolute atomic E-state index is 0.719. The van der Waals surface area contributed by atoms with E-state index in [1.807, 2.05) is 11.6 Å². The standard InChI is InChI=1S/C14H15ClN2S/c15-13-7-10(8-14-16-5-6-18-14)1-2-11(13)9-17-12-3-4-12/h1-2,5-7,12,17H,3-4,8-9H2. The zero-order valence-electron chi connectivity index (χ0n) is 10.0. The van der Waals surface area contributed by atoms with E-state index in [1.165, 1.54) is 24.0 Å². The van der Waals surface area contributed by atoms with E-state index in [4.69, 9.17) is 11.6 Å². The van der Waals surface area contributed by atoms with Gasteiger partial charge in [-0.1, -0.05) is 23.7 Å². The Bertz CT molecular complexity index is 521. The van der Waals surface area contributed by atoms with Crippen LogP contribution in [0.5, 0.6) is 0 Å². The maximum Gasteiger partial charge on any atom is 0.0968 e. The van der Waals surface area contributed by atoms with Gasteiger partial charge in [-0.2, -0.15) is 0 Å². The summed E-state index contributed by atoms with van der Waals surface area (Å²) in [5.74, 6) is 0. The lowest BCUT2D eigenvalue weighted by Crippen LogP contribution is -2.15. The number of benzene rings is 1. The van der Waals surface area contributed by atoms with Gasteiger partial charge in [-0.05, 0) is 30.0 Å². The van der Waals surface area contributed by atoms with Crippen molar-refractivity contribution in [2.24, 2.45) is 0 Å². The number of thiazole rings is 1. The Labute approximate surface area is 116 Å². The van der Waals surface area contributed by atoms with Crippen molar-refractivity contribution >= 4 is 22.9 Å². The normalized spacial score (nSPS) is 14.9. The summed E-state index contributed by atoms with van der Waals surface area (Å²) in [5, 5.41) is 7.48. The van der Waals surface area contributed by atoms with Gasteiger partial charge in [-0.25, -0.2) is 4.98 Å². The van der Waals surface area contributed by atoms with Crippen molar-refractivity contribution in [3.05, 3.63) is 50.9 Å². The molecule has 0 unspecified atom stereocenters. The fourth-order valence-electron chi connectivity index (χ4n) is 1.90. The molecule has 1 saturated carbocycles. The summed E-state index contributed by atoms with van der Waals surface area (Å²) < 4.78 is 0. The van der Waals surface area contributed by atoms with Crippen molar-refractivity contribution in [3.63, 3.8) is 0 Å². The monoisotopic (exact) mass is 278 g/mol. The second-order valence-electron chi connectivity index (χ2n) is 4.68. The number of hydrogen-bond acceptors (Lipinski definition) is 3. The Morgan fingerprint density at radius 3 is 2.94 bits per heavy atom. The fraction of sp³-hybridized carbons (Fsp3) is 0.357. The fourth-order valence-corrected chi connectivity index (χ4v) is 2.82. The first kappa shape index (κ1) is 12.2. The van der Waals surface area contributed by atoms with E-state index in [1.54, 1.807) is 11.3 Å². The molecule has 0 saturated heterocycles. The largest absolute Gasteiger partial charge is 0.310 e. The summed E-state index contributed by atoms with van der Waals surface area (Å²) in [6.07, 6.45) is 5.32. The van der Waals surface area contributed by atoms with Crippen LogP contribution in [-0.4, -0.2) is 11.0 Å². The van der Waals surface area contributed by atoms with Crippen LogP contribution in [0.4, 0.5) is 0 Å². The second-order valence-corrected chi connectivity index (χ2v) is 6.07. The lowest BCUT2D eigenvalue weighted by Gasteiger charge is -2.07. The number of hydrogen-bond donors (Lipinski definition) is 1. The van der Waals surface area contributed by atoms with E-state index in [0.29, 0.717) is 0 Å². The van der Waals surface area contributed by atoms with Gasteiger partial charge >= 0.3 is 0 Å². The molecular weight excluding hydrogens is 264 g/mol. The average Bonchev–Trinajstić information content (AvgIpc) is 3.05. The van der Waals surface area contributed by atoms with E-state index in [9.17, 15) is 0 Å². The topological polar surface area (TPSA) is 24.9 Å². The highest BCUT2D eigenvalue weighted by atomic mass is 35.5. The van der Waals surface area contributed by atoms with Crippen LogP contribution in [0.3, 0.4) is 0 Å². The smallest absolute Gasteiger partial charge is 0.0968 e. The predicted octanol–water partition coefficient (Wildman–Crippen LogP) is 3.64. The summed E-state index contributed by atoms with van der Waals surface area (Å²) in [5.41, 5.74) is 2.41. The molecule has 1 heterocycles. The summed E-state index contributed by atoms with van der Waals surface area (Å²) in [6.45, 7) is 0.876. The Morgan fingerprint density at radius 2 is 2.28 bits per heavy atom. The van der Waals surface area contributed by atoms with Crippen LogP contribution in [0.1, 0.15) is 29.0 Å². The number of nitrogens with one attached hydrogen (secondary N) is 1. The molecule has 1 N–H and O–H groups in total. The maximum atomic E-state index is 6.32. The van der Waals surface area contributed by atoms with Gasteiger partial charge in [0.25, 0.3) is 0 Å². The summed E-state index contributed by atoms with van der Waals surface area (Å²) in [7, 11) is 0. The summed E-state index contributed by atoms with van der Waals surface area (Å²) in [4.78, 5) is 4.29. The van der Waals surface area contributed by atoms with Crippen molar-refractivity contribution in [1.29, 1.82) is 0 Å². The molecule has 3 rings (SSSR count). The van der Waals surface area contributed by atoms with Crippen molar-refractivity contribution in [1.82, 2.24) is 10.3 Å². The molecule has 1 aliphatic carbocycles. The molecule has 0 bridgehead atoms. The maximum absolute atomic E-state index is 6.32. The molecule has 4 heteroatoms. The Kier molecular flexibility index (Phi) is 3.64. The zero-order chi connectivity index (χ0) is 12.4. The van der Waals surface area contributed by atoms with Crippen LogP contribution in [0.2, 0.25) is 5.02 Å². The third-order valence-electron chi connectivity index (χ3n) is 3.11. The molecule has 1 aliphatic rings. The van der Waals surface area contributed by atoms with Gasteiger partial charge < -0.3 is 5.32 Å². The van der Waals surface area contributed by atoms with Gasteiger partial charge in [0.1, 0.15) is 0 Å². The van der Waals surface area contributed by atoms with Gasteiger partial charge in [0.05, 0.1) is 5.01 Å². The molecule has 2 nitrogen and oxygen atoms in total. The van der Waals surface area contributed by atoms with E-state index in [2.05, 4.69) is 28.5 Å². The van der Waals surface area contributed by atoms with Crippen LogP contribution in [0.25, 0.3) is 0 Å². The SMILES string of the molecule is Clc1cc(Cc2nccs2)ccc1CNC1CC1. The van der Waals surface area contributed by atoms with Crippen LogP contribution < -0.4 is 5.32 Å². The van der Waals surface area contributed by atoms with Gasteiger partial charge in [0, 0.05) is 35.6 Å². The summed E-state index contributed by atoms with van der Waals surface area (Å²) >= 11 is 8.00. The van der Waals surface area contributed by atoms with E-state index >= 15 is 0 Å². The lowest BCUT2D eigenvalue weighted by molar-refractivity contribution is 0.688. The Hall–Kier alpha value is -0.900. The lowest BCUT2D eigenvalue weighted by atomic mass is 10.1. The van der Waals surface area contributed by atoms with Crippen LogP contribution in [-0.2, 0) is 13.0 Å². The van der Waals surface area contributed by atoms with Crippen LogP contribution in [0, 0.1) is 0 Å². The van der Waals surface area contributed by atoms with Gasteiger partial charge in [0.2, 0.25) is 0 Å². The quantitative estimate of drug-likeness (QED) is 0.903. The number of aromatic nitrogens is 1.